The summed E-state index contributed by atoms with van der Waals surface area (Å²) in [5.41, 5.74) is 0. The van der Waals surface area contributed by atoms with Gasteiger partial charge in [-0.2, -0.15) is 0 Å². The van der Waals surface area contributed by atoms with E-state index in [0.717, 1.165) is 18.5 Å². The van der Waals surface area contributed by atoms with E-state index < -0.39 is 0 Å². The van der Waals surface area contributed by atoms with Crippen LogP contribution in [0.25, 0.3) is 0 Å². The Kier molecular flexibility index (Phi) is 5.05. The summed E-state index contributed by atoms with van der Waals surface area (Å²) < 4.78 is 2.16. The van der Waals surface area contributed by atoms with Crippen LogP contribution in [0.1, 0.15) is 45.4 Å². The molecule has 1 aliphatic carbocycles. The third-order valence-corrected chi connectivity index (χ3v) is 3.77. The van der Waals surface area contributed by atoms with Gasteiger partial charge in [-0.05, 0) is 38.1 Å². The van der Waals surface area contributed by atoms with Crippen molar-refractivity contribution in [2.45, 2.75) is 58.0 Å². The molecule has 0 saturated heterocycles. The van der Waals surface area contributed by atoms with E-state index in [1.807, 2.05) is 18.7 Å². The summed E-state index contributed by atoms with van der Waals surface area (Å²) >= 11 is 0. The van der Waals surface area contributed by atoms with Crippen LogP contribution in [-0.4, -0.2) is 22.1 Å². The maximum atomic E-state index is 4.05. The number of aromatic nitrogens is 2. The fourth-order valence-corrected chi connectivity index (χ4v) is 2.76. The third kappa shape index (κ3) is 4.50. The topological polar surface area (TPSA) is 29.9 Å². The lowest BCUT2D eigenvalue weighted by atomic mass is 9.87. The molecule has 2 rings (SSSR count). The third-order valence-electron chi connectivity index (χ3n) is 3.77. The number of imidazole rings is 1. The van der Waals surface area contributed by atoms with Crippen molar-refractivity contribution >= 4 is 0 Å². The SMILES string of the molecule is CC1CCCC(NCCCCn2ccnc2)C1. The number of hydrogen-bond donors (Lipinski definition) is 1. The van der Waals surface area contributed by atoms with Crippen LogP contribution in [0.15, 0.2) is 18.7 Å². The smallest absolute Gasteiger partial charge is 0.0945 e. The molecule has 0 aliphatic heterocycles. The monoisotopic (exact) mass is 235 g/mol. The van der Waals surface area contributed by atoms with Gasteiger partial charge in [0.25, 0.3) is 0 Å². The molecule has 2 atom stereocenters. The first-order chi connectivity index (χ1) is 8.34. The molecule has 1 saturated carbocycles. The molecular formula is C14H25N3. The van der Waals surface area contributed by atoms with Gasteiger partial charge in [0.1, 0.15) is 0 Å². The molecule has 3 nitrogen and oxygen atoms in total. The molecule has 1 aromatic heterocycles. The minimum atomic E-state index is 0.784. The molecule has 1 fully saturated rings. The lowest BCUT2D eigenvalue weighted by Crippen LogP contribution is -2.34. The van der Waals surface area contributed by atoms with E-state index in [4.69, 9.17) is 0 Å². The maximum absolute atomic E-state index is 4.05. The molecule has 2 unspecified atom stereocenters. The van der Waals surface area contributed by atoms with Crippen molar-refractivity contribution in [1.29, 1.82) is 0 Å². The van der Waals surface area contributed by atoms with Gasteiger partial charge in [-0.1, -0.05) is 19.8 Å². The minimum absolute atomic E-state index is 0.784. The lowest BCUT2D eigenvalue weighted by Gasteiger charge is -2.27. The largest absolute Gasteiger partial charge is 0.337 e. The van der Waals surface area contributed by atoms with Crippen LogP contribution in [-0.2, 0) is 6.54 Å². The fraction of sp³-hybridized carbons (Fsp3) is 0.786. The zero-order chi connectivity index (χ0) is 11.9. The number of nitrogens with one attached hydrogen (secondary N) is 1. The highest BCUT2D eigenvalue weighted by Gasteiger charge is 2.17. The zero-order valence-electron chi connectivity index (χ0n) is 10.9. The van der Waals surface area contributed by atoms with Gasteiger partial charge in [0, 0.05) is 25.0 Å². The average molecular weight is 235 g/mol. The number of unbranched alkanes of at least 4 members (excludes halogenated alkanes) is 1. The molecule has 3 heteroatoms. The highest BCUT2D eigenvalue weighted by molar-refractivity contribution is 4.76. The summed E-state index contributed by atoms with van der Waals surface area (Å²) in [6.45, 7) is 4.65. The molecule has 17 heavy (non-hydrogen) atoms. The lowest BCUT2D eigenvalue weighted by molar-refractivity contribution is 0.300. The van der Waals surface area contributed by atoms with Crippen molar-refractivity contribution in [3.05, 3.63) is 18.7 Å². The fourth-order valence-electron chi connectivity index (χ4n) is 2.76. The summed E-state index contributed by atoms with van der Waals surface area (Å²) in [6, 6.07) is 0.784. The van der Waals surface area contributed by atoms with Gasteiger partial charge in [0.05, 0.1) is 6.33 Å². The summed E-state index contributed by atoms with van der Waals surface area (Å²) in [4.78, 5) is 4.05. The predicted molar refractivity (Wildman–Crippen MR) is 70.9 cm³/mol. The second kappa shape index (κ2) is 6.80. The Hall–Kier alpha value is -0.830. The summed E-state index contributed by atoms with van der Waals surface area (Å²) in [7, 11) is 0. The van der Waals surface area contributed by atoms with Crippen molar-refractivity contribution in [3.8, 4) is 0 Å². The predicted octanol–water partition coefficient (Wildman–Crippen LogP) is 2.83. The molecule has 0 bridgehead atoms. The van der Waals surface area contributed by atoms with E-state index in [0.29, 0.717) is 0 Å². The van der Waals surface area contributed by atoms with Crippen molar-refractivity contribution in [3.63, 3.8) is 0 Å². The molecule has 0 radical (unpaired) electrons. The molecule has 1 aromatic rings. The number of aryl methyl sites for hydroxylation is 1. The minimum Gasteiger partial charge on any atom is -0.337 e. The van der Waals surface area contributed by atoms with Crippen LogP contribution in [0.3, 0.4) is 0 Å². The van der Waals surface area contributed by atoms with Crippen molar-refractivity contribution in [2.24, 2.45) is 5.92 Å². The normalized spacial score (nSPS) is 25.0. The maximum Gasteiger partial charge on any atom is 0.0945 e. The van der Waals surface area contributed by atoms with Crippen LogP contribution >= 0.6 is 0 Å². The van der Waals surface area contributed by atoms with Crippen molar-refractivity contribution in [1.82, 2.24) is 14.9 Å². The van der Waals surface area contributed by atoms with Gasteiger partial charge in [-0.3, -0.25) is 0 Å². The van der Waals surface area contributed by atoms with E-state index in [-0.39, 0.29) is 0 Å². The Morgan fingerprint density at radius 3 is 3.06 bits per heavy atom. The molecular weight excluding hydrogens is 210 g/mol. The highest BCUT2D eigenvalue weighted by Crippen LogP contribution is 2.23. The van der Waals surface area contributed by atoms with Crippen LogP contribution < -0.4 is 5.32 Å². The quantitative estimate of drug-likeness (QED) is 0.768. The molecule has 0 spiro atoms. The first-order valence-electron chi connectivity index (χ1n) is 7.03. The van der Waals surface area contributed by atoms with E-state index in [2.05, 4.69) is 21.8 Å². The number of rotatable bonds is 6. The van der Waals surface area contributed by atoms with Crippen LogP contribution in [0.2, 0.25) is 0 Å². The molecule has 1 heterocycles. The summed E-state index contributed by atoms with van der Waals surface area (Å²) in [6.07, 6.45) is 13.9. The first-order valence-corrected chi connectivity index (χ1v) is 7.03. The van der Waals surface area contributed by atoms with E-state index in [1.54, 1.807) is 0 Å². The molecule has 1 N–H and O–H groups in total. The number of hydrogen-bond acceptors (Lipinski definition) is 2. The summed E-state index contributed by atoms with van der Waals surface area (Å²) in [5.74, 6) is 0.923. The Morgan fingerprint density at radius 2 is 2.29 bits per heavy atom. The van der Waals surface area contributed by atoms with Gasteiger partial charge >= 0.3 is 0 Å². The Morgan fingerprint density at radius 1 is 1.35 bits per heavy atom. The Bertz CT molecular complexity index is 294. The van der Waals surface area contributed by atoms with Gasteiger partial charge in [0.15, 0.2) is 0 Å². The van der Waals surface area contributed by atoms with Crippen LogP contribution in [0.5, 0.6) is 0 Å². The van der Waals surface area contributed by atoms with E-state index in [9.17, 15) is 0 Å². The molecule has 0 amide bonds. The van der Waals surface area contributed by atoms with Crippen LogP contribution in [0, 0.1) is 5.92 Å². The van der Waals surface area contributed by atoms with Gasteiger partial charge in [-0.15, -0.1) is 0 Å². The average Bonchev–Trinajstić information content (AvgIpc) is 2.82. The van der Waals surface area contributed by atoms with E-state index >= 15 is 0 Å². The molecule has 1 aliphatic rings. The van der Waals surface area contributed by atoms with Gasteiger partial charge in [0.2, 0.25) is 0 Å². The zero-order valence-corrected chi connectivity index (χ0v) is 10.9. The Labute approximate surface area is 105 Å². The van der Waals surface area contributed by atoms with Gasteiger partial charge < -0.3 is 9.88 Å². The number of nitrogens with zero attached hydrogens (tertiary/aromatic N) is 2. The highest BCUT2D eigenvalue weighted by atomic mass is 15.0. The van der Waals surface area contributed by atoms with Gasteiger partial charge in [-0.25, -0.2) is 4.98 Å². The van der Waals surface area contributed by atoms with Crippen molar-refractivity contribution < 1.29 is 0 Å². The van der Waals surface area contributed by atoms with E-state index in [1.165, 1.54) is 45.1 Å². The molecule has 96 valence electrons. The first kappa shape index (κ1) is 12.6. The second-order valence-corrected chi connectivity index (χ2v) is 5.43. The van der Waals surface area contributed by atoms with Crippen LogP contribution in [0.4, 0.5) is 0 Å². The van der Waals surface area contributed by atoms with Crippen molar-refractivity contribution in [2.75, 3.05) is 6.54 Å². The Balaban J connectivity index is 1.51. The molecule has 0 aromatic carbocycles. The standard InChI is InChI=1S/C14H25N3/c1-13-5-4-6-14(11-13)16-7-2-3-9-17-10-8-15-12-17/h8,10,12-14,16H,2-7,9,11H2,1H3. The second-order valence-electron chi connectivity index (χ2n) is 5.43. The summed E-state index contributed by atoms with van der Waals surface area (Å²) in [5, 5.41) is 3.71.